The Morgan fingerprint density at radius 3 is 2.83 bits per heavy atom. The monoisotopic (exact) mass is 467 g/mol. The number of rotatable bonds is 4. The lowest BCUT2D eigenvalue weighted by molar-refractivity contribution is -0.116. The number of methoxy groups -OCH3 is 1. The van der Waals surface area contributed by atoms with Gasteiger partial charge in [0.2, 0.25) is 0 Å². The Hall–Kier alpha value is -2.93. The topological polar surface area (TPSA) is 80.3 Å². The Bertz CT molecular complexity index is 1070. The lowest BCUT2D eigenvalue weighted by Gasteiger charge is -2.34. The van der Waals surface area contributed by atoms with Gasteiger partial charge in [-0.1, -0.05) is 12.1 Å². The SMILES string of the molecule is COc1cccc(C2C(C(=O)Nc3ccc(Br)cn3)=C(C)NC3=C2C(=O)CCC3)c1. The van der Waals surface area contributed by atoms with Crippen LogP contribution in [0.1, 0.15) is 37.7 Å². The summed E-state index contributed by atoms with van der Waals surface area (Å²) in [7, 11) is 1.60. The maximum absolute atomic E-state index is 13.4. The average molecular weight is 468 g/mol. The number of pyridine rings is 1. The van der Waals surface area contributed by atoms with E-state index in [0.717, 1.165) is 34.3 Å². The number of carbonyl (C=O) groups is 2. The number of hydrogen-bond donors (Lipinski definition) is 2. The Kier molecular flexibility index (Phi) is 5.72. The molecule has 1 aromatic carbocycles. The third kappa shape index (κ3) is 3.89. The van der Waals surface area contributed by atoms with E-state index < -0.39 is 5.92 Å². The summed E-state index contributed by atoms with van der Waals surface area (Å²) in [5.74, 6) is 0.467. The molecule has 2 aromatic rings. The lowest BCUT2D eigenvalue weighted by atomic mass is 9.75. The average Bonchev–Trinajstić information content (AvgIpc) is 2.74. The second-order valence-electron chi connectivity index (χ2n) is 7.36. The van der Waals surface area contributed by atoms with Gasteiger partial charge in [-0.2, -0.15) is 0 Å². The van der Waals surface area contributed by atoms with Crippen LogP contribution in [0.3, 0.4) is 0 Å². The summed E-state index contributed by atoms with van der Waals surface area (Å²) in [6.45, 7) is 1.87. The zero-order valence-electron chi connectivity index (χ0n) is 16.8. The van der Waals surface area contributed by atoms with Crippen molar-refractivity contribution in [1.29, 1.82) is 0 Å². The van der Waals surface area contributed by atoms with E-state index in [2.05, 4.69) is 31.5 Å². The molecule has 0 saturated heterocycles. The van der Waals surface area contributed by atoms with Crippen LogP contribution in [0.15, 0.2) is 69.6 Å². The predicted molar refractivity (Wildman–Crippen MR) is 118 cm³/mol. The summed E-state index contributed by atoms with van der Waals surface area (Å²) < 4.78 is 6.22. The van der Waals surface area contributed by atoms with Crippen molar-refractivity contribution in [3.8, 4) is 5.75 Å². The second-order valence-corrected chi connectivity index (χ2v) is 8.27. The molecule has 4 rings (SSSR count). The van der Waals surface area contributed by atoms with E-state index >= 15 is 0 Å². The molecule has 0 fully saturated rings. The van der Waals surface area contributed by atoms with Gasteiger partial charge in [0.05, 0.1) is 7.11 Å². The first kappa shape index (κ1) is 20.3. The molecule has 0 spiro atoms. The Balaban J connectivity index is 1.79. The fourth-order valence-corrected chi connectivity index (χ4v) is 4.31. The number of anilines is 1. The zero-order valence-corrected chi connectivity index (χ0v) is 18.4. The number of hydrogen-bond acceptors (Lipinski definition) is 5. The molecule has 154 valence electrons. The minimum absolute atomic E-state index is 0.0798. The van der Waals surface area contributed by atoms with Gasteiger partial charge in [-0.15, -0.1) is 0 Å². The number of allylic oxidation sites excluding steroid dienone is 3. The standard InChI is InChI=1S/C23H22BrN3O3/c1-13-20(23(29)27-19-10-9-15(24)12-25-19)21(14-5-3-6-16(11-14)30-2)22-17(26-13)7-4-8-18(22)28/h3,5-6,9-12,21,26H,4,7-8H2,1-2H3,(H,25,27,29). The minimum atomic E-state index is -0.459. The van der Waals surface area contributed by atoms with Crippen LogP contribution in [0.4, 0.5) is 5.82 Å². The molecule has 0 saturated carbocycles. The normalized spacial score (nSPS) is 18.6. The molecule has 1 unspecified atom stereocenters. The van der Waals surface area contributed by atoms with Crippen molar-refractivity contribution < 1.29 is 14.3 Å². The van der Waals surface area contributed by atoms with Crippen LogP contribution in [0, 0.1) is 0 Å². The van der Waals surface area contributed by atoms with E-state index in [1.165, 1.54) is 0 Å². The van der Waals surface area contributed by atoms with Crippen molar-refractivity contribution in [2.45, 2.75) is 32.1 Å². The number of amides is 1. The number of ether oxygens (including phenoxy) is 1. The summed E-state index contributed by atoms with van der Waals surface area (Å²) in [5, 5.41) is 6.20. The van der Waals surface area contributed by atoms with Crippen LogP contribution in [-0.4, -0.2) is 23.8 Å². The maximum Gasteiger partial charge on any atom is 0.255 e. The van der Waals surface area contributed by atoms with Gasteiger partial charge in [-0.25, -0.2) is 4.98 Å². The molecule has 1 aliphatic heterocycles. The third-order valence-electron chi connectivity index (χ3n) is 5.42. The first-order valence-corrected chi connectivity index (χ1v) is 10.6. The Morgan fingerprint density at radius 1 is 1.27 bits per heavy atom. The number of aromatic nitrogens is 1. The van der Waals surface area contributed by atoms with Gasteiger partial charge in [0, 0.05) is 45.5 Å². The van der Waals surface area contributed by atoms with Crippen LogP contribution >= 0.6 is 15.9 Å². The summed E-state index contributed by atoms with van der Waals surface area (Å²) in [4.78, 5) is 30.5. The number of halogens is 1. The molecular weight excluding hydrogens is 446 g/mol. The predicted octanol–water partition coefficient (Wildman–Crippen LogP) is 4.46. The van der Waals surface area contributed by atoms with E-state index in [1.807, 2.05) is 37.3 Å². The summed E-state index contributed by atoms with van der Waals surface area (Å²) in [5.41, 5.74) is 3.70. The molecule has 0 bridgehead atoms. The van der Waals surface area contributed by atoms with E-state index in [4.69, 9.17) is 4.74 Å². The summed E-state index contributed by atoms with van der Waals surface area (Å²) in [6.07, 6.45) is 3.72. The zero-order chi connectivity index (χ0) is 21.3. The fraction of sp³-hybridized carbons (Fsp3) is 0.261. The lowest BCUT2D eigenvalue weighted by Crippen LogP contribution is -2.35. The molecule has 2 aliphatic rings. The maximum atomic E-state index is 13.4. The Morgan fingerprint density at radius 2 is 2.10 bits per heavy atom. The van der Waals surface area contributed by atoms with Gasteiger partial charge in [0.25, 0.3) is 5.91 Å². The van der Waals surface area contributed by atoms with Crippen molar-refractivity contribution >= 4 is 33.4 Å². The molecule has 2 N–H and O–H groups in total. The third-order valence-corrected chi connectivity index (χ3v) is 5.89. The number of nitrogens with zero attached hydrogens (tertiary/aromatic N) is 1. The van der Waals surface area contributed by atoms with Gasteiger partial charge in [0.1, 0.15) is 11.6 Å². The minimum Gasteiger partial charge on any atom is -0.497 e. The number of ketones is 1. The van der Waals surface area contributed by atoms with Crippen LogP contribution in [-0.2, 0) is 9.59 Å². The molecular formula is C23H22BrN3O3. The number of benzene rings is 1. The number of Topliss-reactive ketones (excluding diaryl/α,β-unsaturated/α-hetero) is 1. The van der Waals surface area contributed by atoms with Crippen molar-refractivity contribution in [3.63, 3.8) is 0 Å². The van der Waals surface area contributed by atoms with Crippen molar-refractivity contribution in [2.24, 2.45) is 0 Å². The van der Waals surface area contributed by atoms with Gasteiger partial charge < -0.3 is 15.4 Å². The highest BCUT2D eigenvalue weighted by atomic mass is 79.9. The summed E-state index contributed by atoms with van der Waals surface area (Å²) >= 11 is 3.35. The number of dihydropyridines is 1. The molecule has 7 heteroatoms. The van der Waals surface area contributed by atoms with Crippen LogP contribution < -0.4 is 15.4 Å². The molecule has 1 aromatic heterocycles. The van der Waals surface area contributed by atoms with E-state index in [0.29, 0.717) is 29.1 Å². The van der Waals surface area contributed by atoms with Gasteiger partial charge in [-0.3, -0.25) is 9.59 Å². The first-order chi connectivity index (χ1) is 14.5. The highest BCUT2D eigenvalue weighted by Crippen LogP contribution is 2.43. The van der Waals surface area contributed by atoms with Crippen LogP contribution in [0.2, 0.25) is 0 Å². The van der Waals surface area contributed by atoms with Gasteiger partial charge >= 0.3 is 0 Å². The number of carbonyl (C=O) groups excluding carboxylic acids is 2. The highest BCUT2D eigenvalue weighted by molar-refractivity contribution is 9.10. The van der Waals surface area contributed by atoms with Crippen molar-refractivity contribution in [1.82, 2.24) is 10.3 Å². The largest absolute Gasteiger partial charge is 0.497 e. The first-order valence-electron chi connectivity index (χ1n) is 9.79. The van der Waals surface area contributed by atoms with E-state index in [9.17, 15) is 9.59 Å². The highest BCUT2D eigenvalue weighted by Gasteiger charge is 2.38. The molecule has 1 amide bonds. The van der Waals surface area contributed by atoms with Crippen LogP contribution in [0.25, 0.3) is 0 Å². The molecule has 1 aliphatic carbocycles. The van der Waals surface area contributed by atoms with Gasteiger partial charge in [-0.05, 0) is 65.5 Å². The summed E-state index contributed by atoms with van der Waals surface area (Å²) in [6, 6.07) is 11.1. The molecule has 6 nitrogen and oxygen atoms in total. The van der Waals surface area contributed by atoms with E-state index in [1.54, 1.807) is 19.4 Å². The molecule has 0 radical (unpaired) electrons. The number of nitrogens with one attached hydrogen (secondary N) is 2. The van der Waals surface area contributed by atoms with Gasteiger partial charge in [0.15, 0.2) is 5.78 Å². The van der Waals surface area contributed by atoms with E-state index in [-0.39, 0.29) is 11.7 Å². The fourth-order valence-electron chi connectivity index (χ4n) is 4.07. The second kappa shape index (κ2) is 8.44. The van der Waals surface area contributed by atoms with Crippen molar-refractivity contribution in [3.05, 3.63) is 75.2 Å². The van der Waals surface area contributed by atoms with Crippen molar-refractivity contribution in [2.75, 3.05) is 12.4 Å². The molecule has 30 heavy (non-hydrogen) atoms. The molecule has 1 atom stereocenters. The van der Waals surface area contributed by atoms with Crippen LogP contribution in [0.5, 0.6) is 5.75 Å². The quantitative estimate of drug-likeness (QED) is 0.693. The molecule has 2 heterocycles. The Labute approximate surface area is 183 Å². The smallest absolute Gasteiger partial charge is 0.255 e.